The molecule has 3 heterocycles. The summed E-state index contributed by atoms with van der Waals surface area (Å²) >= 11 is 0. The van der Waals surface area contributed by atoms with Gasteiger partial charge in [-0.3, -0.25) is 4.79 Å². The van der Waals surface area contributed by atoms with Gasteiger partial charge in [0.05, 0.1) is 29.9 Å². The number of piperazine rings is 1. The molecule has 0 aliphatic carbocycles. The summed E-state index contributed by atoms with van der Waals surface area (Å²) < 4.78 is 38.9. The van der Waals surface area contributed by atoms with Gasteiger partial charge in [-0.2, -0.15) is 19.0 Å². The van der Waals surface area contributed by atoms with E-state index in [0.29, 0.717) is 26.3 Å². The molecule has 0 bridgehead atoms. The monoisotopic (exact) mass is 525 g/mol. The topological polar surface area (TPSA) is 79.8 Å². The van der Waals surface area contributed by atoms with Crippen molar-refractivity contribution in [2.75, 3.05) is 63.3 Å². The van der Waals surface area contributed by atoms with Crippen molar-refractivity contribution in [3.05, 3.63) is 59.8 Å². The summed E-state index contributed by atoms with van der Waals surface area (Å²) in [7, 11) is 1.27. The Labute approximate surface area is 220 Å². The first-order valence-corrected chi connectivity index (χ1v) is 13.0. The molecule has 8 nitrogen and oxygen atoms in total. The first-order valence-electron chi connectivity index (χ1n) is 13.0. The number of nitrogens with zero attached hydrogens (tertiary/aromatic N) is 4. The van der Waals surface area contributed by atoms with Crippen molar-refractivity contribution in [3.63, 3.8) is 0 Å². The smallest absolute Gasteiger partial charge is 0.296 e. The lowest BCUT2D eigenvalue weighted by Crippen LogP contribution is -2.50. The van der Waals surface area contributed by atoms with Gasteiger partial charge in [0.25, 0.3) is 5.92 Å². The quantitative estimate of drug-likeness (QED) is 0.472. The second kappa shape index (κ2) is 11.2. The molecule has 5 rings (SSSR count). The van der Waals surface area contributed by atoms with Gasteiger partial charge in [0, 0.05) is 62.6 Å². The number of anilines is 2. The fourth-order valence-corrected chi connectivity index (χ4v) is 5.15. The lowest BCUT2D eigenvalue weighted by atomic mass is 10.0. The molecule has 1 unspecified atom stereocenters. The molecular weight excluding hydrogens is 492 g/mol. The van der Waals surface area contributed by atoms with Crippen LogP contribution in [0.4, 0.5) is 20.2 Å². The number of nitrogens with one attached hydrogen (secondary N) is 1. The number of ether oxygens (including phenoxy) is 2. The average Bonchev–Trinajstić information content (AvgIpc) is 3.48. The van der Waals surface area contributed by atoms with Crippen molar-refractivity contribution >= 4 is 28.2 Å². The third-order valence-corrected chi connectivity index (χ3v) is 7.36. The summed E-state index contributed by atoms with van der Waals surface area (Å²) in [5.41, 5.74) is 3.20. The maximum absolute atomic E-state index is 14.4. The largest absolute Gasteiger partial charge is 0.381 e. The third-order valence-electron chi connectivity index (χ3n) is 7.36. The molecule has 0 saturated carbocycles. The molecule has 2 saturated heterocycles. The summed E-state index contributed by atoms with van der Waals surface area (Å²) in [5, 5.41) is 12.7. The van der Waals surface area contributed by atoms with Gasteiger partial charge in [-0.25, -0.2) is 0 Å². The van der Waals surface area contributed by atoms with Crippen molar-refractivity contribution < 1.29 is 23.0 Å². The molecule has 1 N–H and O–H groups in total. The molecule has 2 aliphatic heterocycles. The van der Waals surface area contributed by atoms with E-state index in [1.54, 1.807) is 12.3 Å². The lowest BCUT2D eigenvalue weighted by molar-refractivity contribution is -0.135. The normalized spacial score (nSPS) is 19.1. The maximum Gasteiger partial charge on any atom is 0.296 e. The Bertz CT molecular complexity index is 1280. The maximum atomic E-state index is 14.4. The summed E-state index contributed by atoms with van der Waals surface area (Å²) in [6.07, 6.45) is 2.46. The molecule has 2 atom stereocenters. The Balaban J connectivity index is 1.31. The zero-order chi connectivity index (χ0) is 26.7. The Morgan fingerprint density at radius 2 is 2.03 bits per heavy atom. The van der Waals surface area contributed by atoms with E-state index in [1.165, 1.54) is 19.2 Å². The third kappa shape index (κ3) is 5.56. The summed E-state index contributed by atoms with van der Waals surface area (Å²) in [4.78, 5) is 17.0. The zero-order valence-electron chi connectivity index (χ0n) is 21.7. The molecular formula is C28H33F2N5O3. The van der Waals surface area contributed by atoms with E-state index >= 15 is 0 Å². The van der Waals surface area contributed by atoms with Gasteiger partial charge in [0.1, 0.15) is 6.61 Å². The number of amides is 1. The predicted molar refractivity (Wildman–Crippen MR) is 142 cm³/mol. The van der Waals surface area contributed by atoms with E-state index in [-0.39, 0.29) is 23.4 Å². The average molecular weight is 526 g/mol. The van der Waals surface area contributed by atoms with E-state index in [0.717, 1.165) is 47.4 Å². The van der Waals surface area contributed by atoms with Crippen LogP contribution in [0.3, 0.4) is 0 Å². The van der Waals surface area contributed by atoms with Crippen LogP contribution in [-0.4, -0.2) is 74.1 Å². The van der Waals surface area contributed by atoms with Gasteiger partial charge in [-0.15, -0.1) is 0 Å². The zero-order valence-corrected chi connectivity index (χ0v) is 21.7. The van der Waals surface area contributed by atoms with Crippen LogP contribution in [0.5, 0.6) is 0 Å². The van der Waals surface area contributed by atoms with Crippen LogP contribution in [-0.2, 0) is 20.2 Å². The van der Waals surface area contributed by atoms with Gasteiger partial charge < -0.3 is 24.6 Å². The highest BCUT2D eigenvalue weighted by atomic mass is 19.3. The van der Waals surface area contributed by atoms with Gasteiger partial charge in [0.2, 0.25) is 5.91 Å². The number of methoxy groups -OCH3 is 1. The van der Waals surface area contributed by atoms with E-state index in [4.69, 9.17) is 9.47 Å². The molecule has 2 fully saturated rings. The minimum Gasteiger partial charge on any atom is -0.381 e. The van der Waals surface area contributed by atoms with Gasteiger partial charge in [-0.1, -0.05) is 18.2 Å². The molecule has 2 aromatic carbocycles. The number of alkyl halides is 2. The highest BCUT2D eigenvalue weighted by Crippen LogP contribution is 2.32. The Morgan fingerprint density at radius 3 is 2.76 bits per heavy atom. The minimum absolute atomic E-state index is 0.0108. The second-order valence-corrected chi connectivity index (χ2v) is 9.96. The van der Waals surface area contributed by atoms with Gasteiger partial charge in [-0.05, 0) is 43.2 Å². The highest BCUT2D eigenvalue weighted by molar-refractivity contribution is 5.93. The minimum atomic E-state index is -3.07. The molecule has 202 valence electrons. The highest BCUT2D eigenvalue weighted by Gasteiger charge is 2.32. The Morgan fingerprint density at radius 1 is 1.21 bits per heavy atom. The first-order chi connectivity index (χ1) is 18.4. The number of fused-ring (bicyclic) bond motifs is 1. The number of aromatic nitrogens is 2. The van der Waals surface area contributed by atoms with Crippen LogP contribution < -0.4 is 10.2 Å². The van der Waals surface area contributed by atoms with Crippen molar-refractivity contribution in [3.8, 4) is 0 Å². The van der Waals surface area contributed by atoms with Crippen LogP contribution in [0, 0.1) is 5.92 Å². The number of benzene rings is 2. The molecule has 1 aromatic heterocycles. The van der Waals surface area contributed by atoms with Crippen molar-refractivity contribution in [1.29, 1.82) is 0 Å². The summed E-state index contributed by atoms with van der Waals surface area (Å²) in [6, 6.07) is 12.2. The number of hydrogen-bond acceptors (Lipinski definition) is 7. The predicted octanol–water partition coefficient (Wildman–Crippen LogP) is 4.23. The standard InChI is InChI=1S/C28H33F2N5O3/c1-19(20-4-3-5-22(14-20)28(29,30)18-37-2)32-26-16-31-33-25-7-6-23(15-24(25)26)34-9-11-35(12-10-34)27(36)21-8-13-38-17-21/h3-7,14-16,19,21H,8-13,17-18H2,1-2H3,(H,32,33)/t19-,21?/m1/s1. The van der Waals surface area contributed by atoms with Crippen LogP contribution in [0.15, 0.2) is 48.7 Å². The summed E-state index contributed by atoms with van der Waals surface area (Å²) in [6.45, 7) is 5.28. The number of carbonyl (C=O) groups is 1. The van der Waals surface area contributed by atoms with Crippen LogP contribution >= 0.6 is 0 Å². The molecule has 2 aliphatic rings. The fraction of sp³-hybridized carbons (Fsp3) is 0.464. The molecule has 0 spiro atoms. The van der Waals surface area contributed by atoms with E-state index in [9.17, 15) is 13.6 Å². The number of hydrogen-bond donors (Lipinski definition) is 1. The molecule has 0 radical (unpaired) electrons. The Hall–Kier alpha value is -3.37. The molecule has 10 heteroatoms. The number of carbonyl (C=O) groups excluding carboxylic acids is 1. The van der Waals surface area contributed by atoms with Crippen molar-refractivity contribution in [2.24, 2.45) is 5.92 Å². The van der Waals surface area contributed by atoms with Gasteiger partial charge in [0.15, 0.2) is 0 Å². The molecule has 38 heavy (non-hydrogen) atoms. The van der Waals surface area contributed by atoms with E-state index < -0.39 is 12.5 Å². The molecule has 1 amide bonds. The van der Waals surface area contributed by atoms with E-state index in [2.05, 4.69) is 26.5 Å². The van der Waals surface area contributed by atoms with Crippen LogP contribution in [0.25, 0.3) is 10.9 Å². The lowest BCUT2D eigenvalue weighted by Gasteiger charge is -2.37. The van der Waals surface area contributed by atoms with Crippen LogP contribution in [0.2, 0.25) is 0 Å². The van der Waals surface area contributed by atoms with E-state index in [1.807, 2.05) is 30.0 Å². The van der Waals surface area contributed by atoms with Crippen molar-refractivity contribution in [2.45, 2.75) is 25.3 Å². The molecule has 3 aromatic rings. The Kier molecular flexibility index (Phi) is 7.71. The number of rotatable bonds is 8. The SMILES string of the molecule is COCC(F)(F)c1cccc([C@@H](C)Nc2cnnc3ccc(N4CCN(C(=O)C5CCOC5)CC4)cc23)c1. The van der Waals surface area contributed by atoms with Gasteiger partial charge >= 0.3 is 0 Å². The number of halogens is 2. The second-order valence-electron chi connectivity index (χ2n) is 9.96. The fourth-order valence-electron chi connectivity index (χ4n) is 5.15. The summed E-state index contributed by atoms with van der Waals surface area (Å²) in [5.74, 6) is -2.88. The first kappa shape index (κ1) is 26.2. The van der Waals surface area contributed by atoms with Crippen molar-refractivity contribution in [1.82, 2.24) is 15.1 Å². The van der Waals surface area contributed by atoms with Crippen LogP contribution in [0.1, 0.15) is 30.5 Å².